The number of methoxy groups -OCH3 is 1. The summed E-state index contributed by atoms with van der Waals surface area (Å²) in [4.78, 5) is 22.1. The third kappa shape index (κ3) is 3.79. The molecule has 0 aromatic carbocycles. The van der Waals surface area contributed by atoms with Crippen molar-refractivity contribution in [2.45, 2.75) is 18.9 Å². The van der Waals surface area contributed by atoms with E-state index < -0.39 is 12.1 Å². The van der Waals surface area contributed by atoms with Crippen molar-refractivity contribution in [2.24, 2.45) is 5.92 Å². The van der Waals surface area contributed by atoms with E-state index in [1.54, 1.807) is 0 Å². The van der Waals surface area contributed by atoms with Gasteiger partial charge in [0.2, 0.25) is 5.28 Å². The molecule has 1 atom stereocenters. The molecule has 0 amide bonds. The lowest BCUT2D eigenvalue weighted by molar-refractivity contribution is -0.149. The van der Waals surface area contributed by atoms with E-state index in [9.17, 15) is 4.79 Å². The van der Waals surface area contributed by atoms with Gasteiger partial charge in [0, 0.05) is 19.0 Å². The average Bonchev–Trinajstić information content (AvgIpc) is 3.38. The fourth-order valence-corrected chi connectivity index (χ4v) is 2.87. The lowest BCUT2D eigenvalue weighted by Crippen LogP contribution is -2.38. The van der Waals surface area contributed by atoms with Crippen LogP contribution in [0.25, 0.3) is 0 Å². The van der Waals surface area contributed by atoms with Gasteiger partial charge < -0.3 is 19.1 Å². The van der Waals surface area contributed by atoms with Gasteiger partial charge in [-0.05, 0) is 24.4 Å². The number of aromatic nitrogens is 2. The number of hydrogen-bond acceptors (Lipinski definition) is 7. The highest BCUT2D eigenvalue weighted by Gasteiger charge is 2.40. The molecule has 2 fully saturated rings. The number of anilines is 1. The quantitative estimate of drug-likeness (QED) is 0.450. The first kappa shape index (κ1) is 16.5. The molecule has 1 aliphatic heterocycles. The first-order valence-corrected chi connectivity index (χ1v) is 8.16. The zero-order valence-electron chi connectivity index (χ0n) is 12.6. The first-order valence-electron chi connectivity index (χ1n) is 7.40. The van der Waals surface area contributed by atoms with E-state index >= 15 is 0 Å². The maximum atomic E-state index is 12.0. The Labute approximate surface area is 143 Å². The summed E-state index contributed by atoms with van der Waals surface area (Å²) in [5.74, 6) is 0.450. The van der Waals surface area contributed by atoms with Gasteiger partial charge in [0.1, 0.15) is 0 Å². The van der Waals surface area contributed by atoms with Crippen molar-refractivity contribution in [3.63, 3.8) is 0 Å². The molecule has 0 bridgehead atoms. The van der Waals surface area contributed by atoms with Gasteiger partial charge in [-0.3, -0.25) is 0 Å². The Morgan fingerprint density at radius 3 is 2.61 bits per heavy atom. The van der Waals surface area contributed by atoms with Crippen molar-refractivity contribution in [2.75, 3.05) is 38.3 Å². The molecule has 2 aliphatic rings. The molecule has 1 aromatic rings. The molecule has 0 unspecified atom stereocenters. The van der Waals surface area contributed by atoms with Gasteiger partial charge >= 0.3 is 5.97 Å². The third-order valence-electron chi connectivity index (χ3n) is 3.82. The van der Waals surface area contributed by atoms with Gasteiger partial charge in [-0.15, -0.1) is 0 Å². The van der Waals surface area contributed by atoms with Crippen LogP contribution in [0, 0.1) is 5.92 Å². The van der Waals surface area contributed by atoms with Crippen LogP contribution in [0.1, 0.15) is 12.8 Å². The summed E-state index contributed by atoms with van der Waals surface area (Å²) in [6.45, 7) is 2.40. The molecule has 126 valence electrons. The van der Waals surface area contributed by atoms with E-state index in [4.69, 9.17) is 37.4 Å². The van der Waals surface area contributed by atoms with E-state index in [-0.39, 0.29) is 22.1 Å². The Morgan fingerprint density at radius 1 is 1.30 bits per heavy atom. The van der Waals surface area contributed by atoms with Crippen molar-refractivity contribution in [1.82, 2.24) is 9.97 Å². The lowest BCUT2D eigenvalue weighted by atomic mass is 10.2. The fourth-order valence-electron chi connectivity index (χ4n) is 2.46. The van der Waals surface area contributed by atoms with Gasteiger partial charge in [-0.2, -0.15) is 4.98 Å². The molecule has 7 nitrogen and oxygen atoms in total. The van der Waals surface area contributed by atoms with E-state index in [1.165, 1.54) is 7.11 Å². The van der Waals surface area contributed by atoms with Crippen LogP contribution in [0.2, 0.25) is 10.4 Å². The summed E-state index contributed by atoms with van der Waals surface area (Å²) in [6.07, 6.45) is 1.12. The molecule has 1 aliphatic carbocycles. The minimum Gasteiger partial charge on any atom is -0.471 e. The summed E-state index contributed by atoms with van der Waals surface area (Å²) in [7, 11) is 1.34. The minimum atomic E-state index is -0.706. The summed E-state index contributed by atoms with van der Waals surface area (Å²) in [5.41, 5.74) is 0. The second-order valence-electron chi connectivity index (χ2n) is 5.43. The predicted octanol–water partition coefficient (Wildman–Crippen LogP) is 1.95. The molecule has 1 saturated heterocycles. The molecule has 0 spiro atoms. The van der Waals surface area contributed by atoms with Crippen LogP contribution in [-0.2, 0) is 14.3 Å². The lowest BCUT2D eigenvalue weighted by Gasteiger charge is -2.30. The largest absolute Gasteiger partial charge is 0.471 e. The third-order valence-corrected chi connectivity index (χ3v) is 4.24. The molecule has 3 rings (SSSR count). The zero-order chi connectivity index (χ0) is 16.4. The monoisotopic (exact) mass is 361 g/mol. The number of carbonyl (C=O) groups excluding carboxylic acids is 1. The molecule has 0 radical (unpaired) electrons. The van der Waals surface area contributed by atoms with Crippen LogP contribution < -0.4 is 9.64 Å². The topological polar surface area (TPSA) is 73.8 Å². The van der Waals surface area contributed by atoms with Crippen LogP contribution in [0.5, 0.6) is 5.75 Å². The Bertz CT molecular complexity index is 592. The molecular formula is C14H17Cl2N3O4. The zero-order valence-corrected chi connectivity index (χ0v) is 14.1. The van der Waals surface area contributed by atoms with Gasteiger partial charge in [-0.1, -0.05) is 11.6 Å². The van der Waals surface area contributed by atoms with Gasteiger partial charge in [0.25, 0.3) is 0 Å². The normalized spacial score (nSPS) is 19.3. The van der Waals surface area contributed by atoms with Crippen LogP contribution in [0.15, 0.2) is 0 Å². The van der Waals surface area contributed by atoms with Crippen molar-refractivity contribution < 1.29 is 19.0 Å². The fraction of sp³-hybridized carbons (Fsp3) is 0.643. The van der Waals surface area contributed by atoms with Crippen LogP contribution >= 0.6 is 23.2 Å². The number of carbonyl (C=O) groups is 1. The number of hydrogen-bond donors (Lipinski definition) is 0. The Balaban J connectivity index is 1.91. The van der Waals surface area contributed by atoms with Gasteiger partial charge in [0.05, 0.1) is 20.3 Å². The van der Waals surface area contributed by atoms with E-state index in [1.807, 2.05) is 4.90 Å². The summed E-state index contributed by atoms with van der Waals surface area (Å²) >= 11 is 12.1. The van der Waals surface area contributed by atoms with Crippen molar-refractivity contribution >= 4 is 35.0 Å². The summed E-state index contributed by atoms with van der Waals surface area (Å²) in [6, 6.07) is 0. The molecule has 1 saturated carbocycles. The van der Waals surface area contributed by atoms with Crippen LogP contribution in [0.3, 0.4) is 0 Å². The molecule has 2 heterocycles. The van der Waals surface area contributed by atoms with E-state index in [2.05, 4.69) is 9.97 Å². The Kier molecular flexibility index (Phi) is 5.08. The standard InChI is InChI=1S/C14H17Cl2N3O4/c1-21-13(20)9(8-2-3-8)23-10-11(15)17-14(16)18-12(10)19-4-6-22-7-5-19/h8-9H,2-7H2,1H3/t9-/m0/s1. The Morgan fingerprint density at radius 2 is 2.00 bits per heavy atom. The minimum absolute atomic E-state index is 0.0323. The number of rotatable bonds is 5. The maximum Gasteiger partial charge on any atom is 0.347 e. The number of ether oxygens (including phenoxy) is 3. The number of halogens is 2. The van der Waals surface area contributed by atoms with Gasteiger partial charge in [0.15, 0.2) is 22.8 Å². The summed E-state index contributed by atoms with van der Waals surface area (Å²) in [5, 5.41) is 0.117. The number of esters is 1. The highest BCUT2D eigenvalue weighted by molar-refractivity contribution is 6.33. The molecule has 0 N–H and O–H groups in total. The van der Waals surface area contributed by atoms with Crippen LogP contribution in [0.4, 0.5) is 5.82 Å². The van der Waals surface area contributed by atoms with Gasteiger partial charge in [-0.25, -0.2) is 9.78 Å². The van der Waals surface area contributed by atoms with Crippen molar-refractivity contribution in [3.8, 4) is 5.75 Å². The summed E-state index contributed by atoms with van der Waals surface area (Å²) < 4.78 is 16.1. The van der Waals surface area contributed by atoms with Crippen LogP contribution in [-0.4, -0.2) is 55.5 Å². The second kappa shape index (κ2) is 7.07. The predicted molar refractivity (Wildman–Crippen MR) is 84.2 cm³/mol. The average molecular weight is 362 g/mol. The maximum absolute atomic E-state index is 12.0. The van der Waals surface area contributed by atoms with E-state index in [0.29, 0.717) is 32.1 Å². The molecule has 23 heavy (non-hydrogen) atoms. The molecule has 1 aromatic heterocycles. The first-order chi connectivity index (χ1) is 11.1. The molecule has 9 heteroatoms. The van der Waals surface area contributed by atoms with Crippen molar-refractivity contribution in [3.05, 3.63) is 10.4 Å². The second-order valence-corrected chi connectivity index (χ2v) is 6.13. The number of morpholine rings is 1. The molecular weight excluding hydrogens is 345 g/mol. The highest BCUT2D eigenvalue weighted by Crippen LogP contribution is 2.40. The van der Waals surface area contributed by atoms with Crippen molar-refractivity contribution in [1.29, 1.82) is 0 Å². The Hall–Kier alpha value is -1.31. The smallest absolute Gasteiger partial charge is 0.347 e. The van der Waals surface area contributed by atoms with E-state index in [0.717, 1.165) is 12.8 Å². The highest BCUT2D eigenvalue weighted by atomic mass is 35.5. The number of nitrogens with zero attached hydrogens (tertiary/aromatic N) is 3. The SMILES string of the molecule is COC(=O)[C@@H](Oc1c(Cl)nc(Cl)nc1N1CCOCC1)C1CC1.